The molecule has 4 rings (SSSR count). The number of amides is 2. The van der Waals surface area contributed by atoms with Gasteiger partial charge < -0.3 is 20.1 Å². The first-order chi connectivity index (χ1) is 15.5. The molecule has 166 valence electrons. The van der Waals surface area contributed by atoms with Gasteiger partial charge in [0.1, 0.15) is 0 Å². The molecule has 2 amide bonds. The van der Waals surface area contributed by atoms with Crippen molar-refractivity contribution in [2.45, 2.75) is 20.0 Å². The molecule has 32 heavy (non-hydrogen) atoms. The van der Waals surface area contributed by atoms with Gasteiger partial charge >= 0.3 is 0 Å². The molecule has 1 atom stereocenters. The van der Waals surface area contributed by atoms with E-state index in [1.165, 1.54) is 0 Å². The average molecular weight is 434 g/mol. The Labute approximate surface area is 186 Å². The summed E-state index contributed by atoms with van der Waals surface area (Å²) >= 11 is 0. The van der Waals surface area contributed by atoms with E-state index in [0.717, 1.165) is 16.8 Å². The molecule has 8 heteroatoms. The lowest BCUT2D eigenvalue weighted by molar-refractivity contribution is -0.0855. The Kier molecular flexibility index (Phi) is 6.63. The van der Waals surface area contributed by atoms with E-state index >= 15 is 0 Å². The normalized spacial score (nSPS) is 15.9. The summed E-state index contributed by atoms with van der Waals surface area (Å²) < 4.78 is 12.5. The molecule has 2 N–H and O–H groups in total. The van der Waals surface area contributed by atoms with Gasteiger partial charge in [0.15, 0.2) is 0 Å². The first-order valence-electron chi connectivity index (χ1n) is 10.5. The highest BCUT2D eigenvalue weighted by Crippen LogP contribution is 2.16. The molecule has 0 spiro atoms. The third-order valence-electron chi connectivity index (χ3n) is 5.24. The van der Waals surface area contributed by atoms with Crippen LogP contribution in [-0.4, -0.2) is 54.1 Å². The Morgan fingerprint density at radius 2 is 1.91 bits per heavy atom. The number of hydrogen-bond acceptors (Lipinski definition) is 5. The molecule has 1 saturated heterocycles. The van der Waals surface area contributed by atoms with Gasteiger partial charge in [-0.3, -0.25) is 9.59 Å². The lowest BCUT2D eigenvalue weighted by atomic mass is 10.1. The van der Waals surface area contributed by atoms with Crippen molar-refractivity contribution in [2.75, 3.05) is 31.7 Å². The number of hydrogen-bond donors (Lipinski definition) is 2. The minimum atomic E-state index is -0.179. The Morgan fingerprint density at radius 1 is 1.09 bits per heavy atom. The monoisotopic (exact) mass is 434 g/mol. The van der Waals surface area contributed by atoms with E-state index in [2.05, 4.69) is 15.7 Å². The minimum absolute atomic E-state index is 0.117. The highest BCUT2D eigenvalue weighted by Gasteiger charge is 2.16. The number of anilines is 1. The third kappa shape index (κ3) is 5.22. The topological polar surface area (TPSA) is 94.5 Å². The van der Waals surface area contributed by atoms with E-state index in [9.17, 15) is 9.59 Å². The van der Waals surface area contributed by atoms with Gasteiger partial charge in [0.05, 0.1) is 49.7 Å². The molecular formula is C24H26N4O4. The molecule has 2 heterocycles. The molecule has 1 fully saturated rings. The largest absolute Gasteiger partial charge is 0.376 e. The fraction of sp³-hybridized carbons (Fsp3) is 0.292. The van der Waals surface area contributed by atoms with Crippen molar-refractivity contribution >= 4 is 17.5 Å². The van der Waals surface area contributed by atoms with Crippen LogP contribution in [0.5, 0.6) is 0 Å². The van der Waals surface area contributed by atoms with Gasteiger partial charge in [-0.1, -0.05) is 17.7 Å². The third-order valence-corrected chi connectivity index (χ3v) is 5.24. The number of carbonyl (C=O) groups excluding carboxylic acids is 2. The van der Waals surface area contributed by atoms with Crippen LogP contribution in [0.3, 0.4) is 0 Å². The van der Waals surface area contributed by atoms with Crippen molar-refractivity contribution in [2.24, 2.45) is 0 Å². The molecule has 1 aliphatic heterocycles. The van der Waals surface area contributed by atoms with E-state index in [-0.39, 0.29) is 17.9 Å². The summed E-state index contributed by atoms with van der Waals surface area (Å²) in [6.45, 7) is 5.94. The van der Waals surface area contributed by atoms with Crippen LogP contribution in [0.25, 0.3) is 5.69 Å². The number of benzene rings is 2. The second-order valence-electron chi connectivity index (χ2n) is 7.77. The van der Waals surface area contributed by atoms with Gasteiger partial charge in [0, 0.05) is 17.7 Å². The van der Waals surface area contributed by atoms with E-state index in [4.69, 9.17) is 9.47 Å². The van der Waals surface area contributed by atoms with E-state index < -0.39 is 0 Å². The molecule has 2 aromatic carbocycles. The van der Waals surface area contributed by atoms with Crippen molar-refractivity contribution in [1.82, 2.24) is 15.1 Å². The first kappa shape index (κ1) is 21.7. The maximum absolute atomic E-state index is 12.6. The lowest BCUT2D eigenvalue weighted by Gasteiger charge is -2.23. The highest BCUT2D eigenvalue weighted by molar-refractivity contribution is 6.05. The van der Waals surface area contributed by atoms with Crippen LogP contribution in [0, 0.1) is 13.8 Å². The van der Waals surface area contributed by atoms with Crippen molar-refractivity contribution in [1.29, 1.82) is 0 Å². The molecule has 1 aromatic heterocycles. The summed E-state index contributed by atoms with van der Waals surface area (Å²) in [5.41, 5.74) is 4.57. The summed E-state index contributed by atoms with van der Waals surface area (Å²) in [6, 6.07) is 12.8. The number of aryl methyl sites for hydroxylation is 2. The Hall–Kier alpha value is -3.49. The van der Waals surface area contributed by atoms with Crippen LogP contribution in [0.15, 0.2) is 54.9 Å². The summed E-state index contributed by atoms with van der Waals surface area (Å²) in [5, 5.41) is 10.1. The molecule has 0 bridgehead atoms. The van der Waals surface area contributed by atoms with E-state index in [1.54, 1.807) is 41.3 Å². The smallest absolute Gasteiger partial charge is 0.256 e. The molecule has 0 unspecified atom stereocenters. The average Bonchev–Trinajstić information content (AvgIpc) is 3.26. The van der Waals surface area contributed by atoms with E-state index in [1.807, 2.05) is 32.0 Å². The molecule has 1 aliphatic rings. The molecule has 3 aromatic rings. The summed E-state index contributed by atoms with van der Waals surface area (Å²) in [6.07, 6.45) is 3.21. The molecule has 0 aliphatic carbocycles. The summed E-state index contributed by atoms with van der Waals surface area (Å²) in [5.74, 6) is -0.353. The lowest BCUT2D eigenvalue weighted by Crippen LogP contribution is -2.39. The van der Waals surface area contributed by atoms with Gasteiger partial charge in [0.25, 0.3) is 11.8 Å². The highest BCUT2D eigenvalue weighted by atomic mass is 16.6. The number of rotatable bonds is 6. The van der Waals surface area contributed by atoms with Crippen molar-refractivity contribution < 1.29 is 19.1 Å². The number of carbonyl (C=O) groups is 2. The number of nitrogens with one attached hydrogen (secondary N) is 2. The number of aromatic nitrogens is 2. The van der Waals surface area contributed by atoms with Crippen LogP contribution in [0.1, 0.15) is 31.8 Å². The molecule has 0 radical (unpaired) electrons. The van der Waals surface area contributed by atoms with Gasteiger partial charge in [-0.25, -0.2) is 4.68 Å². The van der Waals surface area contributed by atoms with E-state index in [0.29, 0.717) is 43.2 Å². The first-order valence-corrected chi connectivity index (χ1v) is 10.5. The van der Waals surface area contributed by atoms with Crippen LogP contribution in [-0.2, 0) is 9.47 Å². The Balaban J connectivity index is 1.36. The molecule has 8 nitrogen and oxygen atoms in total. The van der Waals surface area contributed by atoms with Crippen LogP contribution < -0.4 is 10.6 Å². The van der Waals surface area contributed by atoms with Crippen LogP contribution in [0.2, 0.25) is 0 Å². The Bertz CT molecular complexity index is 1100. The quantitative estimate of drug-likeness (QED) is 0.622. The predicted molar refractivity (Wildman–Crippen MR) is 120 cm³/mol. The zero-order chi connectivity index (χ0) is 22.5. The van der Waals surface area contributed by atoms with Crippen molar-refractivity contribution in [3.8, 4) is 5.69 Å². The standard InChI is InChI=1S/C24H26N4O4/c1-16-3-8-22(17(2)11-16)24(30)27-19-12-26-28(14-19)20-6-4-18(5-7-20)23(29)25-13-21-15-31-9-10-32-21/h3-8,11-12,14,21H,9-10,13,15H2,1-2H3,(H,25,29)(H,27,30)/t21-/m1/s1. The number of nitrogens with zero attached hydrogens (tertiary/aromatic N) is 2. The second kappa shape index (κ2) is 9.76. The molecular weight excluding hydrogens is 408 g/mol. The maximum Gasteiger partial charge on any atom is 0.256 e. The SMILES string of the molecule is Cc1ccc(C(=O)Nc2cnn(-c3ccc(C(=O)NC[C@@H]4COCCO4)cc3)c2)c(C)c1. The second-order valence-corrected chi connectivity index (χ2v) is 7.77. The van der Waals surface area contributed by atoms with Crippen molar-refractivity contribution in [3.63, 3.8) is 0 Å². The van der Waals surface area contributed by atoms with Gasteiger partial charge in [-0.05, 0) is 49.7 Å². The van der Waals surface area contributed by atoms with Crippen LogP contribution >= 0.6 is 0 Å². The zero-order valence-corrected chi connectivity index (χ0v) is 18.1. The fourth-order valence-corrected chi connectivity index (χ4v) is 3.52. The maximum atomic E-state index is 12.6. The zero-order valence-electron chi connectivity index (χ0n) is 18.1. The minimum Gasteiger partial charge on any atom is -0.376 e. The Morgan fingerprint density at radius 3 is 2.62 bits per heavy atom. The van der Waals surface area contributed by atoms with Gasteiger partial charge in [0.2, 0.25) is 0 Å². The summed E-state index contributed by atoms with van der Waals surface area (Å²) in [4.78, 5) is 24.9. The van der Waals surface area contributed by atoms with Crippen molar-refractivity contribution in [3.05, 3.63) is 77.1 Å². The summed E-state index contributed by atoms with van der Waals surface area (Å²) in [7, 11) is 0. The van der Waals surface area contributed by atoms with Crippen LogP contribution in [0.4, 0.5) is 5.69 Å². The van der Waals surface area contributed by atoms with Gasteiger partial charge in [-0.15, -0.1) is 0 Å². The number of ether oxygens (including phenoxy) is 2. The predicted octanol–water partition coefficient (Wildman–Crippen LogP) is 2.89. The van der Waals surface area contributed by atoms with Gasteiger partial charge in [-0.2, -0.15) is 5.10 Å². The fourth-order valence-electron chi connectivity index (χ4n) is 3.52. The molecule has 0 saturated carbocycles.